The van der Waals surface area contributed by atoms with Gasteiger partial charge in [0.15, 0.2) is 0 Å². The highest BCUT2D eigenvalue weighted by Gasteiger charge is 2.30. The Bertz CT molecular complexity index is 1560. The maximum Gasteiger partial charge on any atom is 0.273 e. The zero-order valence-electron chi connectivity index (χ0n) is 22.0. The Morgan fingerprint density at radius 2 is 1.78 bits per heavy atom. The van der Waals surface area contributed by atoms with Crippen molar-refractivity contribution in [3.63, 3.8) is 0 Å². The average Bonchev–Trinajstić information content (AvgIpc) is 3.39. The summed E-state index contributed by atoms with van der Waals surface area (Å²) in [5, 5.41) is 6.76. The number of rotatable bonds is 10. The zero-order chi connectivity index (χ0) is 29.9. The third-order valence-corrected chi connectivity index (χ3v) is 6.51. The summed E-state index contributed by atoms with van der Waals surface area (Å²) in [6.45, 7) is 2.38. The minimum absolute atomic E-state index is 0.123. The van der Waals surface area contributed by atoms with Gasteiger partial charge in [-0.05, 0) is 54.3 Å². The normalized spacial score (nSPS) is 13.0. The summed E-state index contributed by atoms with van der Waals surface area (Å²) in [6, 6.07) is 7.81. The number of aromatic nitrogens is 3. The molecule has 4 aromatic rings. The Morgan fingerprint density at radius 1 is 1.07 bits per heavy atom. The number of primary amides is 1. The summed E-state index contributed by atoms with van der Waals surface area (Å²) >= 11 is 0. The summed E-state index contributed by atoms with van der Waals surface area (Å²) in [4.78, 5) is 29.7. The van der Waals surface area contributed by atoms with Gasteiger partial charge in [0.25, 0.3) is 11.8 Å². The lowest BCUT2D eigenvalue weighted by molar-refractivity contribution is -0.125. The number of hydrogen-bond donors (Lipinski definition) is 2. The number of carbonyl (C=O) groups is 2. The van der Waals surface area contributed by atoms with Gasteiger partial charge in [-0.25, -0.2) is 22.0 Å². The number of amides is 2. The third-order valence-electron chi connectivity index (χ3n) is 6.51. The molecule has 3 N–H and O–H groups in total. The molecule has 2 heterocycles. The fraction of sp³-hybridized carbons (Fsp3) is 0.241. The number of carbonyl (C=O) groups excluding carboxylic acids is 2. The predicted molar refractivity (Wildman–Crippen MR) is 140 cm³/mol. The van der Waals surface area contributed by atoms with E-state index < -0.39 is 47.3 Å². The number of halogens is 5. The fourth-order valence-electron chi connectivity index (χ4n) is 4.50. The molecule has 0 saturated carbocycles. The van der Waals surface area contributed by atoms with Gasteiger partial charge >= 0.3 is 0 Å². The lowest BCUT2D eigenvalue weighted by Gasteiger charge is -2.24. The van der Waals surface area contributed by atoms with Crippen LogP contribution in [0.5, 0.6) is 0 Å². The maximum absolute atomic E-state index is 14.2. The van der Waals surface area contributed by atoms with E-state index in [4.69, 9.17) is 5.73 Å². The quantitative estimate of drug-likeness (QED) is 0.241. The smallest absolute Gasteiger partial charge is 0.273 e. The first-order chi connectivity index (χ1) is 19.4. The number of nitrogens with zero attached hydrogens (tertiary/aromatic N) is 3. The van der Waals surface area contributed by atoms with Gasteiger partial charge < -0.3 is 11.1 Å². The van der Waals surface area contributed by atoms with Gasteiger partial charge in [0.1, 0.15) is 23.5 Å². The molecule has 41 heavy (non-hydrogen) atoms. The average molecular weight is 572 g/mol. The van der Waals surface area contributed by atoms with Gasteiger partial charge in [0.2, 0.25) is 5.91 Å². The van der Waals surface area contributed by atoms with Crippen LogP contribution in [0, 0.1) is 17.5 Å². The van der Waals surface area contributed by atoms with Crippen molar-refractivity contribution in [1.29, 1.82) is 0 Å². The first-order valence-electron chi connectivity index (χ1n) is 12.6. The third kappa shape index (κ3) is 6.76. The van der Waals surface area contributed by atoms with Crippen LogP contribution in [0.15, 0.2) is 67.1 Å². The second-order valence-electron chi connectivity index (χ2n) is 9.56. The lowest BCUT2D eigenvalue weighted by Crippen LogP contribution is -2.37. The SMILES string of the molecule is CCC(C(=O)NC(Cc1cc(F)cc(F)c1)c1ncccc1-c1ccc(F)c(C(N)=O)c1)n1cc(C(C)(F)F)cn1. The largest absolute Gasteiger partial charge is 0.366 e. The van der Waals surface area contributed by atoms with E-state index in [9.17, 15) is 31.5 Å². The Balaban J connectivity index is 1.77. The van der Waals surface area contributed by atoms with Crippen LogP contribution < -0.4 is 11.1 Å². The van der Waals surface area contributed by atoms with Crippen LogP contribution in [-0.4, -0.2) is 26.6 Å². The van der Waals surface area contributed by atoms with Gasteiger partial charge in [0, 0.05) is 30.9 Å². The van der Waals surface area contributed by atoms with Crippen LogP contribution in [0.2, 0.25) is 0 Å². The van der Waals surface area contributed by atoms with Gasteiger partial charge in [-0.15, -0.1) is 0 Å². The molecule has 0 saturated heterocycles. The van der Waals surface area contributed by atoms with Gasteiger partial charge in [-0.1, -0.05) is 19.1 Å². The van der Waals surface area contributed by atoms with Crippen molar-refractivity contribution < 1.29 is 31.5 Å². The Labute approximate surface area is 232 Å². The second-order valence-corrected chi connectivity index (χ2v) is 9.56. The fourth-order valence-corrected chi connectivity index (χ4v) is 4.50. The van der Waals surface area contributed by atoms with Crippen molar-refractivity contribution in [1.82, 2.24) is 20.1 Å². The summed E-state index contributed by atoms with van der Waals surface area (Å²) in [5.41, 5.74) is 5.75. The van der Waals surface area contributed by atoms with Crippen molar-refractivity contribution in [3.05, 3.63) is 107 Å². The van der Waals surface area contributed by atoms with Crippen LogP contribution in [0.25, 0.3) is 11.1 Å². The molecule has 2 unspecified atom stereocenters. The molecule has 0 aliphatic heterocycles. The van der Waals surface area contributed by atoms with E-state index in [-0.39, 0.29) is 35.2 Å². The predicted octanol–water partition coefficient (Wildman–Crippen LogP) is 5.62. The molecule has 2 amide bonds. The number of pyridine rings is 1. The molecule has 0 spiro atoms. The van der Waals surface area contributed by atoms with E-state index in [0.717, 1.165) is 35.3 Å². The van der Waals surface area contributed by atoms with Gasteiger partial charge in [-0.3, -0.25) is 19.3 Å². The van der Waals surface area contributed by atoms with Gasteiger partial charge in [0.05, 0.1) is 29.1 Å². The molecule has 0 radical (unpaired) electrons. The van der Waals surface area contributed by atoms with Crippen molar-refractivity contribution in [2.75, 3.05) is 0 Å². The number of nitrogens with one attached hydrogen (secondary N) is 1. The second kappa shape index (κ2) is 11.9. The molecule has 0 fully saturated rings. The van der Waals surface area contributed by atoms with Crippen molar-refractivity contribution in [2.45, 2.75) is 44.7 Å². The van der Waals surface area contributed by atoms with Crippen LogP contribution in [0.3, 0.4) is 0 Å². The van der Waals surface area contributed by atoms with E-state index in [2.05, 4.69) is 15.4 Å². The molecular formula is C29H26F5N5O2. The molecule has 4 rings (SSSR count). The molecule has 0 aliphatic rings. The van der Waals surface area contributed by atoms with Crippen molar-refractivity contribution >= 4 is 11.8 Å². The lowest BCUT2D eigenvalue weighted by atomic mass is 9.94. The first-order valence-corrected chi connectivity index (χ1v) is 12.6. The summed E-state index contributed by atoms with van der Waals surface area (Å²) in [5.74, 6) is -7.25. The van der Waals surface area contributed by atoms with Gasteiger partial charge in [-0.2, -0.15) is 5.10 Å². The zero-order valence-corrected chi connectivity index (χ0v) is 22.0. The van der Waals surface area contributed by atoms with Crippen molar-refractivity contribution in [3.8, 4) is 11.1 Å². The van der Waals surface area contributed by atoms with E-state index in [1.807, 2.05) is 0 Å². The summed E-state index contributed by atoms with van der Waals surface area (Å²) in [6.07, 6.45) is 3.55. The summed E-state index contributed by atoms with van der Waals surface area (Å²) < 4.78 is 71.0. The molecule has 0 bridgehead atoms. The Kier molecular flexibility index (Phi) is 8.50. The topological polar surface area (TPSA) is 103 Å². The molecule has 214 valence electrons. The minimum Gasteiger partial charge on any atom is -0.366 e. The van der Waals surface area contributed by atoms with E-state index in [0.29, 0.717) is 24.1 Å². The molecule has 12 heteroatoms. The maximum atomic E-state index is 14.2. The number of hydrogen-bond acceptors (Lipinski definition) is 4. The number of alkyl halides is 2. The molecule has 2 atom stereocenters. The Morgan fingerprint density at radius 3 is 2.39 bits per heavy atom. The van der Waals surface area contributed by atoms with Crippen LogP contribution >= 0.6 is 0 Å². The van der Waals surface area contributed by atoms with Crippen LogP contribution in [-0.2, 0) is 17.1 Å². The van der Waals surface area contributed by atoms with Crippen LogP contribution in [0.1, 0.15) is 59.5 Å². The number of nitrogens with two attached hydrogens (primary N) is 1. The molecule has 0 aliphatic carbocycles. The molecule has 2 aromatic heterocycles. The summed E-state index contributed by atoms with van der Waals surface area (Å²) in [7, 11) is 0. The molecular weight excluding hydrogens is 545 g/mol. The highest BCUT2D eigenvalue weighted by atomic mass is 19.3. The van der Waals surface area contributed by atoms with E-state index in [1.54, 1.807) is 19.1 Å². The minimum atomic E-state index is -3.17. The van der Waals surface area contributed by atoms with E-state index in [1.165, 1.54) is 18.3 Å². The molecule has 7 nitrogen and oxygen atoms in total. The Hall–Kier alpha value is -4.61. The standard InChI is InChI=1S/C29H26F5N5O2/c1-3-25(39-15-18(14-37-39)29(2,33)34)28(41)38-24(11-16-9-19(30)13-20(31)10-16)26-21(5-4-8-36-26)17-6-7-23(32)22(12-17)27(35)40/h4-10,12-15,24-25H,3,11H2,1-2H3,(H2,35,40)(H,38,41). The van der Waals surface area contributed by atoms with E-state index >= 15 is 0 Å². The first kappa shape index (κ1) is 29.4. The van der Waals surface area contributed by atoms with Crippen molar-refractivity contribution in [2.24, 2.45) is 5.73 Å². The number of benzene rings is 2. The highest BCUT2D eigenvalue weighted by molar-refractivity contribution is 5.94. The van der Waals surface area contributed by atoms with Crippen LogP contribution in [0.4, 0.5) is 22.0 Å². The molecule has 2 aromatic carbocycles. The monoisotopic (exact) mass is 571 g/mol. The highest BCUT2D eigenvalue weighted by Crippen LogP contribution is 2.31.